The number of fused-ring (bicyclic) bond motifs is 1. The summed E-state index contributed by atoms with van der Waals surface area (Å²) in [5.74, 6) is -1.03. The van der Waals surface area contributed by atoms with Gasteiger partial charge in [0.15, 0.2) is 0 Å². The van der Waals surface area contributed by atoms with Crippen molar-refractivity contribution in [3.8, 4) is 0 Å². The summed E-state index contributed by atoms with van der Waals surface area (Å²) in [6.07, 6.45) is 0. The lowest BCUT2D eigenvalue weighted by Crippen LogP contribution is -2.40. The maximum Gasteiger partial charge on any atom is 0.326 e. The van der Waals surface area contributed by atoms with Crippen molar-refractivity contribution < 1.29 is 17.6 Å². The number of amides is 1. The van der Waals surface area contributed by atoms with E-state index in [-0.39, 0.29) is 23.7 Å². The highest BCUT2D eigenvalue weighted by Gasteiger charge is 2.37. The number of hydrogen-bond acceptors (Lipinski definition) is 3. The molecule has 1 aliphatic rings. The van der Waals surface area contributed by atoms with E-state index in [2.05, 4.69) is 5.32 Å². The second kappa shape index (κ2) is 6.53. The largest absolute Gasteiger partial charge is 0.350 e. The number of carbonyl (C=O) groups excluding carboxylic acids is 1. The van der Waals surface area contributed by atoms with Crippen molar-refractivity contribution in [2.75, 3.05) is 28.7 Å². The molecule has 132 valence electrons. The van der Waals surface area contributed by atoms with Gasteiger partial charge in [-0.2, -0.15) is 8.42 Å². The van der Waals surface area contributed by atoms with Gasteiger partial charge in [0.05, 0.1) is 28.5 Å². The first-order chi connectivity index (χ1) is 11.8. The smallest absolute Gasteiger partial charge is 0.326 e. The van der Waals surface area contributed by atoms with E-state index in [9.17, 15) is 17.6 Å². The number of nitrogens with one attached hydrogen (secondary N) is 1. The molecule has 1 amide bonds. The van der Waals surface area contributed by atoms with E-state index >= 15 is 0 Å². The number of rotatable bonds is 4. The van der Waals surface area contributed by atoms with E-state index in [0.717, 1.165) is 12.1 Å². The van der Waals surface area contributed by atoms with Gasteiger partial charge >= 0.3 is 10.2 Å². The molecule has 6 nitrogen and oxygen atoms in total. The minimum atomic E-state index is -3.66. The van der Waals surface area contributed by atoms with Crippen LogP contribution in [0.3, 0.4) is 0 Å². The molecule has 3 rings (SSSR count). The van der Waals surface area contributed by atoms with Gasteiger partial charge in [0.25, 0.3) is 5.91 Å². The van der Waals surface area contributed by atoms with Gasteiger partial charge in [-0.15, -0.1) is 0 Å². The van der Waals surface area contributed by atoms with Gasteiger partial charge in [0.1, 0.15) is 5.82 Å². The normalized spacial score (nSPS) is 15.2. The SMILES string of the molecule is CN1c2ccccc2N(CCNC(=O)c2ccc(F)cc2Cl)S1(=O)=O. The number of para-hydroxylation sites is 2. The number of nitrogens with zero attached hydrogens (tertiary/aromatic N) is 2. The molecule has 0 saturated heterocycles. The van der Waals surface area contributed by atoms with Crippen molar-refractivity contribution in [1.82, 2.24) is 5.32 Å². The first-order valence-corrected chi connectivity index (χ1v) is 9.19. The Balaban J connectivity index is 1.71. The molecular formula is C16H15ClFN3O3S. The molecule has 0 aromatic heterocycles. The Labute approximate surface area is 150 Å². The van der Waals surface area contributed by atoms with Crippen molar-refractivity contribution in [2.45, 2.75) is 0 Å². The van der Waals surface area contributed by atoms with Crippen molar-refractivity contribution >= 4 is 39.1 Å². The van der Waals surface area contributed by atoms with Crippen LogP contribution in [0.15, 0.2) is 42.5 Å². The first-order valence-electron chi connectivity index (χ1n) is 7.41. The minimum Gasteiger partial charge on any atom is -0.350 e. The molecule has 1 aliphatic heterocycles. The highest BCUT2D eigenvalue weighted by atomic mass is 35.5. The fourth-order valence-corrected chi connectivity index (χ4v) is 4.29. The molecule has 1 heterocycles. The van der Waals surface area contributed by atoms with Crippen molar-refractivity contribution in [3.63, 3.8) is 0 Å². The third-order valence-corrected chi connectivity index (χ3v) is 6.03. The number of halogens is 2. The average molecular weight is 384 g/mol. The molecule has 0 fully saturated rings. The van der Waals surface area contributed by atoms with Crippen LogP contribution in [0.2, 0.25) is 5.02 Å². The topological polar surface area (TPSA) is 69.7 Å². The average Bonchev–Trinajstić information content (AvgIpc) is 2.75. The molecule has 0 spiro atoms. The molecule has 25 heavy (non-hydrogen) atoms. The van der Waals surface area contributed by atoms with Crippen LogP contribution in [0.25, 0.3) is 0 Å². The highest BCUT2D eigenvalue weighted by Crippen LogP contribution is 2.38. The highest BCUT2D eigenvalue weighted by molar-refractivity contribution is 7.94. The Kier molecular flexibility index (Phi) is 4.57. The van der Waals surface area contributed by atoms with Gasteiger partial charge in [0, 0.05) is 13.6 Å². The van der Waals surface area contributed by atoms with Crippen LogP contribution in [0, 0.1) is 5.82 Å². The molecular weight excluding hydrogens is 369 g/mol. The molecule has 0 unspecified atom stereocenters. The number of anilines is 2. The van der Waals surface area contributed by atoms with Crippen LogP contribution < -0.4 is 13.9 Å². The maximum atomic E-state index is 13.0. The van der Waals surface area contributed by atoms with Gasteiger partial charge in [-0.05, 0) is 30.3 Å². The predicted octanol–water partition coefficient (Wildman–Crippen LogP) is 2.41. The summed E-state index contributed by atoms with van der Waals surface area (Å²) >= 11 is 5.85. The lowest BCUT2D eigenvalue weighted by molar-refractivity contribution is 0.0955. The second-order valence-corrected chi connectivity index (χ2v) is 7.71. The van der Waals surface area contributed by atoms with Gasteiger partial charge in [-0.1, -0.05) is 23.7 Å². The quantitative estimate of drug-likeness (QED) is 0.881. The Morgan fingerprint density at radius 2 is 1.88 bits per heavy atom. The summed E-state index contributed by atoms with van der Waals surface area (Å²) in [7, 11) is -2.18. The maximum absolute atomic E-state index is 13.0. The van der Waals surface area contributed by atoms with E-state index in [0.29, 0.717) is 11.4 Å². The molecule has 0 atom stereocenters. The lowest BCUT2D eigenvalue weighted by atomic mass is 10.2. The summed E-state index contributed by atoms with van der Waals surface area (Å²) in [6, 6.07) is 10.4. The molecule has 0 bridgehead atoms. The fourth-order valence-electron chi connectivity index (χ4n) is 2.61. The lowest BCUT2D eigenvalue weighted by Gasteiger charge is -2.19. The Morgan fingerprint density at radius 3 is 2.56 bits per heavy atom. The van der Waals surface area contributed by atoms with E-state index in [1.54, 1.807) is 24.3 Å². The third-order valence-electron chi connectivity index (χ3n) is 3.89. The summed E-state index contributed by atoms with van der Waals surface area (Å²) < 4.78 is 40.4. The van der Waals surface area contributed by atoms with Crippen LogP contribution in [-0.4, -0.2) is 34.5 Å². The molecule has 0 saturated carbocycles. The summed E-state index contributed by atoms with van der Waals surface area (Å²) in [6.45, 7) is 0.141. The van der Waals surface area contributed by atoms with Crippen LogP contribution in [0.4, 0.5) is 15.8 Å². The molecule has 0 aliphatic carbocycles. The van der Waals surface area contributed by atoms with E-state index in [1.165, 1.54) is 21.7 Å². The summed E-state index contributed by atoms with van der Waals surface area (Å²) in [4.78, 5) is 12.1. The van der Waals surface area contributed by atoms with Crippen molar-refractivity contribution in [2.24, 2.45) is 0 Å². The summed E-state index contributed by atoms with van der Waals surface area (Å²) in [5, 5.41) is 2.60. The Bertz CT molecular complexity index is 936. The van der Waals surface area contributed by atoms with Crippen LogP contribution in [0.1, 0.15) is 10.4 Å². The van der Waals surface area contributed by atoms with Crippen molar-refractivity contribution in [1.29, 1.82) is 0 Å². The number of carbonyl (C=O) groups is 1. The standard InChI is InChI=1S/C16H15ClFN3O3S/c1-20-14-4-2-3-5-15(14)21(25(20,23)24)9-8-19-16(22)12-7-6-11(18)10-13(12)17/h2-7,10H,8-9H2,1H3,(H,19,22). The number of hydrogen-bond donors (Lipinski definition) is 1. The third kappa shape index (κ3) is 3.14. The molecule has 0 radical (unpaired) electrons. The zero-order chi connectivity index (χ0) is 18.2. The van der Waals surface area contributed by atoms with Crippen LogP contribution in [-0.2, 0) is 10.2 Å². The Morgan fingerprint density at radius 1 is 1.20 bits per heavy atom. The first kappa shape index (κ1) is 17.5. The van der Waals surface area contributed by atoms with Gasteiger partial charge in [-0.3, -0.25) is 9.10 Å². The number of benzene rings is 2. The molecule has 2 aromatic rings. The zero-order valence-electron chi connectivity index (χ0n) is 13.2. The van der Waals surface area contributed by atoms with E-state index in [1.807, 2.05) is 0 Å². The van der Waals surface area contributed by atoms with E-state index in [4.69, 9.17) is 11.6 Å². The van der Waals surface area contributed by atoms with Crippen LogP contribution >= 0.6 is 11.6 Å². The molecule has 2 aromatic carbocycles. The fraction of sp³-hybridized carbons (Fsp3) is 0.188. The summed E-state index contributed by atoms with van der Waals surface area (Å²) in [5.41, 5.74) is 1.26. The predicted molar refractivity (Wildman–Crippen MR) is 94.9 cm³/mol. The van der Waals surface area contributed by atoms with Gasteiger partial charge in [-0.25, -0.2) is 8.70 Å². The Hall–Kier alpha value is -2.32. The van der Waals surface area contributed by atoms with Gasteiger partial charge in [0.2, 0.25) is 0 Å². The van der Waals surface area contributed by atoms with Crippen LogP contribution in [0.5, 0.6) is 0 Å². The molecule has 9 heteroatoms. The zero-order valence-corrected chi connectivity index (χ0v) is 14.8. The van der Waals surface area contributed by atoms with Crippen molar-refractivity contribution in [3.05, 3.63) is 58.9 Å². The minimum absolute atomic E-state index is 0.00336. The second-order valence-electron chi connectivity index (χ2n) is 5.42. The van der Waals surface area contributed by atoms with E-state index < -0.39 is 21.9 Å². The monoisotopic (exact) mass is 383 g/mol. The molecule has 1 N–H and O–H groups in total. The van der Waals surface area contributed by atoms with Gasteiger partial charge < -0.3 is 5.32 Å².